The Morgan fingerprint density at radius 1 is 1.31 bits per heavy atom. The third-order valence-corrected chi connectivity index (χ3v) is 2.82. The van der Waals surface area contributed by atoms with Crippen LogP contribution in [0.5, 0.6) is 11.5 Å². The number of aromatic hydroxyl groups is 2. The zero-order chi connectivity index (χ0) is 11.7. The molecule has 0 spiro atoms. The van der Waals surface area contributed by atoms with E-state index in [4.69, 9.17) is 14.9 Å². The molecule has 5 heteroatoms. The van der Waals surface area contributed by atoms with Gasteiger partial charge in [-0.25, -0.2) is 4.39 Å². The topological polar surface area (TPSA) is 69.9 Å². The van der Waals surface area contributed by atoms with Crippen LogP contribution >= 0.6 is 0 Å². The summed E-state index contributed by atoms with van der Waals surface area (Å²) in [6.07, 6.45) is 0.273. The zero-order valence-electron chi connectivity index (χ0n) is 8.56. The summed E-state index contributed by atoms with van der Waals surface area (Å²) in [4.78, 5) is 0. The Balaban J connectivity index is 2.24. The molecule has 2 atom stereocenters. The lowest BCUT2D eigenvalue weighted by molar-refractivity contribution is 0.0584. The number of aliphatic hydroxyl groups is 1. The molecule has 0 aliphatic carbocycles. The molecular weight excluding hydrogens is 215 g/mol. The van der Waals surface area contributed by atoms with E-state index < -0.39 is 11.6 Å². The second-order valence-electron chi connectivity index (χ2n) is 3.93. The van der Waals surface area contributed by atoms with E-state index in [9.17, 15) is 9.50 Å². The fraction of sp³-hybridized carbons (Fsp3) is 0.455. The lowest BCUT2D eigenvalue weighted by atomic mass is 9.95. The van der Waals surface area contributed by atoms with Crippen molar-refractivity contribution in [2.75, 3.05) is 13.2 Å². The average Bonchev–Trinajstić information content (AvgIpc) is 2.71. The van der Waals surface area contributed by atoms with E-state index in [1.807, 2.05) is 0 Å². The maximum absolute atomic E-state index is 13.1. The van der Waals surface area contributed by atoms with Crippen LogP contribution in [-0.4, -0.2) is 34.6 Å². The summed E-state index contributed by atoms with van der Waals surface area (Å²) in [7, 11) is 0. The maximum atomic E-state index is 13.1. The minimum absolute atomic E-state index is 0.0855. The quantitative estimate of drug-likeness (QED) is 0.709. The number of hydrogen-bond donors (Lipinski definition) is 3. The molecule has 1 aliphatic rings. The number of rotatable bonds is 2. The minimum Gasteiger partial charge on any atom is -0.508 e. The van der Waals surface area contributed by atoms with E-state index in [2.05, 4.69) is 0 Å². The molecule has 1 heterocycles. The van der Waals surface area contributed by atoms with Crippen LogP contribution in [0, 0.1) is 5.82 Å². The molecule has 0 radical (unpaired) electrons. The van der Waals surface area contributed by atoms with E-state index in [0.29, 0.717) is 18.6 Å². The van der Waals surface area contributed by atoms with Crippen molar-refractivity contribution >= 4 is 0 Å². The standard InChI is InChI=1S/C11H13FO4/c12-9-2-8(10(14)3-11(9)15)6-1-7(4-13)16-5-6/h2-3,6-7,13-15H,1,4-5H2. The second kappa shape index (κ2) is 4.27. The van der Waals surface area contributed by atoms with E-state index in [1.54, 1.807) is 0 Å². The van der Waals surface area contributed by atoms with Crippen molar-refractivity contribution in [1.29, 1.82) is 0 Å². The molecule has 0 bridgehead atoms. The fourth-order valence-electron chi connectivity index (χ4n) is 1.94. The first-order chi connectivity index (χ1) is 7.61. The van der Waals surface area contributed by atoms with Gasteiger partial charge >= 0.3 is 0 Å². The summed E-state index contributed by atoms with van der Waals surface area (Å²) in [5.74, 6) is -1.63. The SMILES string of the molecule is OCC1CC(c2cc(F)c(O)cc2O)CO1. The molecule has 16 heavy (non-hydrogen) atoms. The molecule has 2 unspecified atom stereocenters. The van der Waals surface area contributed by atoms with Gasteiger partial charge in [0.2, 0.25) is 0 Å². The molecule has 1 aromatic carbocycles. The minimum atomic E-state index is -0.764. The van der Waals surface area contributed by atoms with E-state index in [1.165, 1.54) is 0 Å². The van der Waals surface area contributed by atoms with Crippen LogP contribution in [0.15, 0.2) is 12.1 Å². The summed E-state index contributed by atoms with van der Waals surface area (Å²) in [5.41, 5.74) is 0.409. The molecule has 4 nitrogen and oxygen atoms in total. The predicted molar refractivity (Wildman–Crippen MR) is 53.9 cm³/mol. The first-order valence-corrected chi connectivity index (χ1v) is 5.05. The van der Waals surface area contributed by atoms with Gasteiger partial charge in [0.15, 0.2) is 11.6 Å². The Morgan fingerprint density at radius 2 is 2.06 bits per heavy atom. The Morgan fingerprint density at radius 3 is 2.69 bits per heavy atom. The molecule has 1 aliphatic heterocycles. The van der Waals surface area contributed by atoms with Gasteiger partial charge in [-0.1, -0.05) is 0 Å². The molecule has 3 N–H and O–H groups in total. The summed E-state index contributed by atoms with van der Waals surface area (Å²) in [5, 5.41) is 27.5. The number of ether oxygens (including phenoxy) is 1. The highest BCUT2D eigenvalue weighted by molar-refractivity contribution is 5.42. The summed E-state index contributed by atoms with van der Waals surface area (Å²) >= 11 is 0. The van der Waals surface area contributed by atoms with Crippen molar-refractivity contribution in [2.24, 2.45) is 0 Å². The van der Waals surface area contributed by atoms with Crippen LogP contribution in [0.2, 0.25) is 0 Å². The number of phenols is 2. The van der Waals surface area contributed by atoms with Crippen molar-refractivity contribution in [3.63, 3.8) is 0 Å². The van der Waals surface area contributed by atoms with Gasteiger partial charge in [-0.3, -0.25) is 0 Å². The molecule has 2 rings (SSSR count). The molecular formula is C11H13FO4. The van der Waals surface area contributed by atoms with Crippen LogP contribution in [0.4, 0.5) is 4.39 Å². The lowest BCUT2D eigenvalue weighted by Crippen LogP contribution is -2.09. The van der Waals surface area contributed by atoms with Gasteiger partial charge < -0.3 is 20.1 Å². The summed E-state index contributed by atoms with van der Waals surface area (Å²) in [6, 6.07) is 2.09. The van der Waals surface area contributed by atoms with Crippen molar-refractivity contribution < 1.29 is 24.4 Å². The monoisotopic (exact) mass is 228 g/mol. The Bertz CT molecular complexity index is 394. The van der Waals surface area contributed by atoms with Crippen LogP contribution in [0.1, 0.15) is 17.9 Å². The van der Waals surface area contributed by atoms with Crippen LogP contribution in [0.25, 0.3) is 0 Å². The normalized spacial score (nSPS) is 24.9. The van der Waals surface area contributed by atoms with Crippen molar-refractivity contribution in [1.82, 2.24) is 0 Å². The average molecular weight is 228 g/mol. The van der Waals surface area contributed by atoms with Gasteiger partial charge in [0.05, 0.1) is 19.3 Å². The van der Waals surface area contributed by atoms with Crippen molar-refractivity contribution in [3.8, 4) is 11.5 Å². The highest BCUT2D eigenvalue weighted by Crippen LogP contribution is 2.37. The second-order valence-corrected chi connectivity index (χ2v) is 3.93. The Labute approximate surface area is 91.9 Å². The largest absolute Gasteiger partial charge is 0.508 e. The van der Waals surface area contributed by atoms with Crippen LogP contribution < -0.4 is 0 Å². The molecule has 0 saturated carbocycles. The summed E-state index contributed by atoms with van der Waals surface area (Å²) < 4.78 is 18.4. The number of phenolic OH excluding ortho intramolecular Hbond substituents is 2. The van der Waals surface area contributed by atoms with Crippen molar-refractivity contribution in [3.05, 3.63) is 23.5 Å². The van der Waals surface area contributed by atoms with Gasteiger partial charge in [-0.05, 0) is 12.5 Å². The molecule has 0 amide bonds. The first-order valence-electron chi connectivity index (χ1n) is 5.05. The van der Waals surface area contributed by atoms with Crippen LogP contribution in [0.3, 0.4) is 0 Å². The summed E-state index contributed by atoms with van der Waals surface area (Å²) in [6.45, 7) is 0.251. The highest BCUT2D eigenvalue weighted by Gasteiger charge is 2.28. The Kier molecular flexibility index (Phi) is 2.98. The maximum Gasteiger partial charge on any atom is 0.165 e. The smallest absolute Gasteiger partial charge is 0.165 e. The first kappa shape index (κ1) is 11.2. The van der Waals surface area contributed by atoms with Crippen molar-refractivity contribution in [2.45, 2.75) is 18.4 Å². The van der Waals surface area contributed by atoms with Gasteiger partial charge in [0, 0.05) is 17.5 Å². The molecule has 1 fully saturated rings. The van der Waals surface area contributed by atoms with Gasteiger partial charge in [0.1, 0.15) is 5.75 Å². The number of aliphatic hydroxyl groups excluding tert-OH is 1. The highest BCUT2D eigenvalue weighted by atomic mass is 19.1. The van der Waals surface area contributed by atoms with E-state index >= 15 is 0 Å². The number of benzene rings is 1. The third-order valence-electron chi connectivity index (χ3n) is 2.82. The molecule has 1 aromatic rings. The Hall–Kier alpha value is -1.33. The fourth-order valence-corrected chi connectivity index (χ4v) is 1.94. The predicted octanol–water partition coefficient (Wildman–Crippen LogP) is 1.10. The van der Waals surface area contributed by atoms with Gasteiger partial charge in [-0.15, -0.1) is 0 Å². The number of hydrogen-bond acceptors (Lipinski definition) is 4. The van der Waals surface area contributed by atoms with E-state index in [-0.39, 0.29) is 24.4 Å². The van der Waals surface area contributed by atoms with Gasteiger partial charge in [0.25, 0.3) is 0 Å². The van der Waals surface area contributed by atoms with Gasteiger partial charge in [-0.2, -0.15) is 0 Å². The van der Waals surface area contributed by atoms with Crippen LogP contribution in [-0.2, 0) is 4.74 Å². The molecule has 1 saturated heterocycles. The molecule has 88 valence electrons. The third kappa shape index (κ3) is 1.96. The van der Waals surface area contributed by atoms with E-state index in [0.717, 1.165) is 12.1 Å². The lowest BCUT2D eigenvalue weighted by Gasteiger charge is -2.11. The molecule has 0 aromatic heterocycles. The number of halogens is 1. The zero-order valence-corrected chi connectivity index (χ0v) is 8.56.